The van der Waals surface area contributed by atoms with E-state index in [0.29, 0.717) is 6.42 Å². The SMILES string of the molecule is C/C=C\C=C\CC(O)(/C=C/C)CO. The van der Waals surface area contributed by atoms with Gasteiger partial charge in [-0.2, -0.15) is 0 Å². The van der Waals surface area contributed by atoms with Gasteiger partial charge in [0.2, 0.25) is 0 Å². The summed E-state index contributed by atoms with van der Waals surface area (Å²) in [4.78, 5) is 0. The molecule has 0 saturated carbocycles. The van der Waals surface area contributed by atoms with E-state index >= 15 is 0 Å². The highest BCUT2D eigenvalue weighted by Crippen LogP contribution is 2.12. The normalized spacial score (nSPS) is 17.5. The molecule has 0 spiro atoms. The van der Waals surface area contributed by atoms with Gasteiger partial charge in [-0.1, -0.05) is 36.5 Å². The topological polar surface area (TPSA) is 40.5 Å². The summed E-state index contributed by atoms with van der Waals surface area (Å²) in [5.41, 5.74) is -1.10. The predicted molar refractivity (Wildman–Crippen MR) is 55.4 cm³/mol. The van der Waals surface area contributed by atoms with Gasteiger partial charge >= 0.3 is 0 Å². The van der Waals surface area contributed by atoms with Crippen molar-refractivity contribution in [1.29, 1.82) is 0 Å². The Morgan fingerprint density at radius 2 is 1.85 bits per heavy atom. The van der Waals surface area contributed by atoms with Crippen LogP contribution in [0.4, 0.5) is 0 Å². The molecule has 0 aliphatic carbocycles. The van der Waals surface area contributed by atoms with Crippen molar-refractivity contribution < 1.29 is 10.2 Å². The van der Waals surface area contributed by atoms with Crippen molar-refractivity contribution in [2.24, 2.45) is 0 Å². The lowest BCUT2D eigenvalue weighted by Gasteiger charge is -2.19. The van der Waals surface area contributed by atoms with Gasteiger partial charge in [0.25, 0.3) is 0 Å². The predicted octanol–water partition coefficient (Wildman–Crippen LogP) is 1.81. The first-order valence-corrected chi connectivity index (χ1v) is 4.43. The summed E-state index contributed by atoms with van der Waals surface area (Å²) in [7, 11) is 0. The Hall–Kier alpha value is -0.860. The van der Waals surface area contributed by atoms with Gasteiger partial charge in [-0.05, 0) is 13.8 Å². The maximum atomic E-state index is 9.71. The van der Waals surface area contributed by atoms with E-state index in [4.69, 9.17) is 5.11 Å². The Balaban J connectivity index is 4.12. The molecule has 2 nitrogen and oxygen atoms in total. The van der Waals surface area contributed by atoms with Crippen LogP contribution in [0.5, 0.6) is 0 Å². The van der Waals surface area contributed by atoms with Crippen molar-refractivity contribution in [2.45, 2.75) is 25.9 Å². The standard InChI is InChI=1S/C11H18O2/c1-3-5-6-7-9-11(13,10-12)8-4-2/h3-8,12-13H,9-10H2,1-2H3/b5-3-,7-6+,8-4+. The van der Waals surface area contributed by atoms with Crippen LogP contribution >= 0.6 is 0 Å². The fourth-order valence-electron chi connectivity index (χ4n) is 0.957. The summed E-state index contributed by atoms with van der Waals surface area (Å²) in [6, 6.07) is 0. The third-order valence-electron chi connectivity index (χ3n) is 1.66. The zero-order valence-corrected chi connectivity index (χ0v) is 8.27. The number of allylic oxidation sites excluding steroid dienone is 4. The first kappa shape index (κ1) is 12.1. The maximum absolute atomic E-state index is 9.71. The summed E-state index contributed by atoms with van der Waals surface area (Å²) in [5, 5.41) is 18.6. The number of aliphatic hydroxyl groups is 2. The minimum atomic E-state index is -1.10. The summed E-state index contributed by atoms with van der Waals surface area (Å²) >= 11 is 0. The van der Waals surface area contributed by atoms with Crippen LogP contribution in [-0.2, 0) is 0 Å². The van der Waals surface area contributed by atoms with Crippen molar-refractivity contribution in [2.75, 3.05) is 6.61 Å². The maximum Gasteiger partial charge on any atom is 0.109 e. The van der Waals surface area contributed by atoms with E-state index in [-0.39, 0.29) is 6.61 Å². The summed E-state index contributed by atoms with van der Waals surface area (Å²) in [6.45, 7) is 3.49. The fraction of sp³-hybridized carbons (Fsp3) is 0.455. The summed E-state index contributed by atoms with van der Waals surface area (Å²) in [6.07, 6.45) is 11.2. The molecule has 13 heavy (non-hydrogen) atoms. The minimum Gasteiger partial charge on any atom is -0.393 e. The molecular weight excluding hydrogens is 164 g/mol. The molecule has 0 aromatic carbocycles. The van der Waals surface area contributed by atoms with Gasteiger partial charge < -0.3 is 10.2 Å². The van der Waals surface area contributed by atoms with Crippen LogP contribution in [0.1, 0.15) is 20.3 Å². The second-order valence-electron chi connectivity index (χ2n) is 2.92. The molecule has 0 radical (unpaired) electrons. The molecule has 0 aromatic rings. The van der Waals surface area contributed by atoms with Gasteiger partial charge in [0.05, 0.1) is 6.61 Å². The third-order valence-corrected chi connectivity index (χ3v) is 1.66. The Kier molecular flexibility index (Phi) is 6.20. The zero-order valence-electron chi connectivity index (χ0n) is 8.27. The average molecular weight is 182 g/mol. The summed E-state index contributed by atoms with van der Waals surface area (Å²) in [5.74, 6) is 0. The van der Waals surface area contributed by atoms with E-state index in [0.717, 1.165) is 0 Å². The molecule has 0 heterocycles. The molecule has 0 amide bonds. The van der Waals surface area contributed by atoms with Crippen LogP contribution in [0.15, 0.2) is 36.5 Å². The molecule has 2 heteroatoms. The smallest absolute Gasteiger partial charge is 0.109 e. The molecule has 0 fully saturated rings. The Morgan fingerprint density at radius 3 is 2.31 bits per heavy atom. The number of aliphatic hydroxyl groups excluding tert-OH is 1. The van der Waals surface area contributed by atoms with E-state index in [1.807, 2.05) is 38.2 Å². The zero-order chi connectivity index (χ0) is 10.2. The Labute approximate surface area is 79.9 Å². The lowest BCUT2D eigenvalue weighted by Crippen LogP contribution is -2.29. The van der Waals surface area contributed by atoms with E-state index in [1.54, 1.807) is 12.2 Å². The highest BCUT2D eigenvalue weighted by Gasteiger charge is 2.19. The van der Waals surface area contributed by atoms with E-state index in [1.165, 1.54) is 0 Å². The van der Waals surface area contributed by atoms with Crippen molar-refractivity contribution in [3.05, 3.63) is 36.5 Å². The second kappa shape index (κ2) is 6.63. The van der Waals surface area contributed by atoms with Crippen molar-refractivity contribution >= 4 is 0 Å². The van der Waals surface area contributed by atoms with Gasteiger partial charge in [0.1, 0.15) is 5.60 Å². The largest absolute Gasteiger partial charge is 0.393 e. The molecule has 0 aromatic heterocycles. The van der Waals surface area contributed by atoms with E-state index < -0.39 is 5.60 Å². The van der Waals surface area contributed by atoms with Crippen LogP contribution in [-0.4, -0.2) is 22.4 Å². The Bertz CT molecular complexity index is 204. The first-order valence-electron chi connectivity index (χ1n) is 4.43. The molecular formula is C11H18O2. The van der Waals surface area contributed by atoms with E-state index in [9.17, 15) is 5.11 Å². The minimum absolute atomic E-state index is 0.252. The fourth-order valence-corrected chi connectivity index (χ4v) is 0.957. The van der Waals surface area contributed by atoms with Crippen molar-refractivity contribution in [1.82, 2.24) is 0 Å². The molecule has 74 valence electrons. The molecule has 0 saturated heterocycles. The van der Waals surface area contributed by atoms with E-state index in [2.05, 4.69) is 0 Å². The molecule has 2 N–H and O–H groups in total. The first-order chi connectivity index (χ1) is 6.18. The average Bonchev–Trinajstić information content (AvgIpc) is 2.13. The lowest BCUT2D eigenvalue weighted by molar-refractivity contribution is 0.0299. The number of hydrogen-bond acceptors (Lipinski definition) is 2. The number of rotatable bonds is 5. The van der Waals surface area contributed by atoms with Crippen LogP contribution in [0, 0.1) is 0 Å². The second-order valence-corrected chi connectivity index (χ2v) is 2.92. The number of hydrogen-bond donors (Lipinski definition) is 2. The van der Waals surface area contributed by atoms with Crippen LogP contribution in [0.25, 0.3) is 0 Å². The molecule has 0 rings (SSSR count). The Morgan fingerprint density at radius 1 is 1.15 bits per heavy atom. The molecule has 1 atom stereocenters. The molecule has 0 aliphatic rings. The molecule has 0 aliphatic heterocycles. The molecule has 1 unspecified atom stereocenters. The van der Waals surface area contributed by atoms with Crippen LogP contribution < -0.4 is 0 Å². The van der Waals surface area contributed by atoms with Crippen LogP contribution in [0.3, 0.4) is 0 Å². The van der Waals surface area contributed by atoms with Crippen molar-refractivity contribution in [3.8, 4) is 0 Å². The monoisotopic (exact) mass is 182 g/mol. The van der Waals surface area contributed by atoms with Gasteiger partial charge in [0.15, 0.2) is 0 Å². The van der Waals surface area contributed by atoms with Crippen molar-refractivity contribution in [3.63, 3.8) is 0 Å². The van der Waals surface area contributed by atoms with Gasteiger partial charge in [0, 0.05) is 6.42 Å². The third kappa shape index (κ3) is 5.39. The molecule has 0 bridgehead atoms. The highest BCUT2D eigenvalue weighted by atomic mass is 16.3. The van der Waals surface area contributed by atoms with Gasteiger partial charge in [-0.25, -0.2) is 0 Å². The summed E-state index contributed by atoms with van der Waals surface area (Å²) < 4.78 is 0. The van der Waals surface area contributed by atoms with Gasteiger partial charge in [-0.15, -0.1) is 0 Å². The van der Waals surface area contributed by atoms with Crippen LogP contribution in [0.2, 0.25) is 0 Å². The van der Waals surface area contributed by atoms with Gasteiger partial charge in [-0.3, -0.25) is 0 Å². The quantitative estimate of drug-likeness (QED) is 0.503. The highest BCUT2D eigenvalue weighted by molar-refractivity contribution is 5.08. The lowest BCUT2D eigenvalue weighted by atomic mass is 10.00.